The van der Waals surface area contributed by atoms with Crippen LogP contribution in [0.5, 0.6) is 5.75 Å². The van der Waals surface area contributed by atoms with Crippen LogP contribution in [-0.4, -0.2) is 26.9 Å². The summed E-state index contributed by atoms with van der Waals surface area (Å²) < 4.78 is 32.1. The molecule has 2 rings (SSSR count). The number of ether oxygens (including phenoxy) is 1. The predicted molar refractivity (Wildman–Crippen MR) is 96.9 cm³/mol. The number of aryl methyl sites for hydroxylation is 1. The molecular weight excluding hydrogens is 322 g/mol. The van der Waals surface area contributed by atoms with Crippen LogP contribution in [-0.2, 0) is 16.6 Å². The third-order valence-corrected chi connectivity index (χ3v) is 5.93. The quantitative estimate of drug-likeness (QED) is 0.795. The molecule has 5 heteroatoms. The number of hydrogen-bond donors (Lipinski definition) is 0. The Balaban J connectivity index is 2.21. The van der Waals surface area contributed by atoms with E-state index in [9.17, 15) is 8.42 Å². The summed E-state index contributed by atoms with van der Waals surface area (Å²) in [5.41, 5.74) is 3.01. The van der Waals surface area contributed by atoms with E-state index in [0.29, 0.717) is 18.2 Å². The fraction of sp³-hybridized carbons (Fsp3) is 0.368. The van der Waals surface area contributed by atoms with Crippen molar-refractivity contribution in [2.24, 2.45) is 0 Å². The van der Waals surface area contributed by atoms with E-state index in [1.54, 1.807) is 32.4 Å². The molecule has 0 N–H and O–H groups in total. The van der Waals surface area contributed by atoms with E-state index in [1.165, 1.54) is 9.87 Å². The maximum absolute atomic E-state index is 12.7. The van der Waals surface area contributed by atoms with E-state index in [0.717, 1.165) is 11.1 Å². The molecule has 0 aliphatic heterocycles. The number of benzene rings is 2. The highest BCUT2D eigenvalue weighted by atomic mass is 32.2. The van der Waals surface area contributed by atoms with Gasteiger partial charge in [0, 0.05) is 13.6 Å². The summed E-state index contributed by atoms with van der Waals surface area (Å²) in [4.78, 5) is 0.280. The van der Waals surface area contributed by atoms with E-state index in [2.05, 4.69) is 26.0 Å². The molecule has 0 spiro atoms. The van der Waals surface area contributed by atoms with Gasteiger partial charge in [0.25, 0.3) is 0 Å². The Morgan fingerprint density at radius 3 is 2.21 bits per heavy atom. The van der Waals surface area contributed by atoms with Crippen LogP contribution in [0.3, 0.4) is 0 Å². The van der Waals surface area contributed by atoms with E-state index >= 15 is 0 Å². The molecule has 0 saturated heterocycles. The molecular formula is C19H25NO3S. The summed E-state index contributed by atoms with van der Waals surface area (Å²) in [5, 5.41) is 0. The van der Waals surface area contributed by atoms with Crippen LogP contribution >= 0.6 is 0 Å². The van der Waals surface area contributed by atoms with Crippen molar-refractivity contribution < 1.29 is 13.2 Å². The average molecular weight is 347 g/mol. The van der Waals surface area contributed by atoms with Crippen molar-refractivity contribution in [3.8, 4) is 5.75 Å². The van der Waals surface area contributed by atoms with Crippen LogP contribution in [0.4, 0.5) is 0 Å². The molecule has 130 valence electrons. The lowest BCUT2D eigenvalue weighted by atomic mass is 10.0. The largest absolute Gasteiger partial charge is 0.496 e. The van der Waals surface area contributed by atoms with Crippen LogP contribution < -0.4 is 4.74 Å². The third kappa shape index (κ3) is 3.97. The van der Waals surface area contributed by atoms with Gasteiger partial charge in [0.05, 0.1) is 12.0 Å². The first-order valence-electron chi connectivity index (χ1n) is 7.95. The molecule has 4 nitrogen and oxygen atoms in total. The van der Waals surface area contributed by atoms with Crippen molar-refractivity contribution >= 4 is 10.0 Å². The van der Waals surface area contributed by atoms with Gasteiger partial charge in [-0.05, 0) is 47.7 Å². The number of rotatable bonds is 6. The second-order valence-electron chi connectivity index (χ2n) is 6.29. The number of methoxy groups -OCH3 is 1. The number of hydrogen-bond acceptors (Lipinski definition) is 3. The highest BCUT2D eigenvalue weighted by molar-refractivity contribution is 7.89. The SMILES string of the molecule is COc1ccc(S(=O)(=O)N(C)Cc2ccc(C(C)C)cc2)cc1C. The first-order chi connectivity index (χ1) is 11.3. The molecule has 24 heavy (non-hydrogen) atoms. The molecule has 0 heterocycles. The summed E-state index contributed by atoms with van der Waals surface area (Å²) in [6, 6.07) is 13.0. The summed E-state index contributed by atoms with van der Waals surface area (Å²) >= 11 is 0. The Hall–Kier alpha value is -1.85. The minimum absolute atomic E-state index is 0.280. The molecule has 0 atom stereocenters. The van der Waals surface area contributed by atoms with Gasteiger partial charge in [0.1, 0.15) is 5.75 Å². The lowest BCUT2D eigenvalue weighted by Crippen LogP contribution is -2.26. The molecule has 0 saturated carbocycles. The second kappa shape index (κ2) is 7.36. The van der Waals surface area contributed by atoms with Crippen molar-refractivity contribution in [1.29, 1.82) is 0 Å². The zero-order valence-electron chi connectivity index (χ0n) is 14.9. The van der Waals surface area contributed by atoms with Gasteiger partial charge in [-0.15, -0.1) is 0 Å². The lowest BCUT2D eigenvalue weighted by molar-refractivity contribution is 0.411. The molecule has 0 aromatic heterocycles. The molecule has 2 aromatic rings. The highest BCUT2D eigenvalue weighted by Crippen LogP contribution is 2.24. The molecule has 0 bridgehead atoms. The maximum atomic E-state index is 12.7. The van der Waals surface area contributed by atoms with Gasteiger partial charge >= 0.3 is 0 Å². The van der Waals surface area contributed by atoms with E-state index in [1.807, 2.05) is 19.1 Å². The molecule has 0 aliphatic rings. The summed E-state index contributed by atoms with van der Waals surface area (Å²) in [5.74, 6) is 1.14. The molecule has 0 aliphatic carbocycles. The second-order valence-corrected chi connectivity index (χ2v) is 8.33. The molecule has 2 aromatic carbocycles. The Morgan fingerprint density at radius 2 is 1.71 bits per heavy atom. The Kier molecular flexibility index (Phi) is 5.67. The minimum atomic E-state index is -3.53. The fourth-order valence-corrected chi connectivity index (χ4v) is 3.79. The predicted octanol–water partition coefficient (Wildman–Crippen LogP) is 3.95. The Labute approximate surface area is 145 Å². The molecule has 0 radical (unpaired) electrons. The summed E-state index contributed by atoms with van der Waals surface area (Å²) in [6.07, 6.45) is 0. The van der Waals surface area contributed by atoms with Gasteiger partial charge in [0.15, 0.2) is 0 Å². The highest BCUT2D eigenvalue weighted by Gasteiger charge is 2.21. The summed E-state index contributed by atoms with van der Waals surface area (Å²) in [7, 11) is -0.358. The van der Waals surface area contributed by atoms with E-state index in [4.69, 9.17) is 4.74 Å². The van der Waals surface area contributed by atoms with Crippen LogP contribution in [0.1, 0.15) is 36.5 Å². The fourth-order valence-electron chi connectivity index (χ4n) is 2.54. The topological polar surface area (TPSA) is 46.6 Å². The first-order valence-corrected chi connectivity index (χ1v) is 9.39. The average Bonchev–Trinajstić information content (AvgIpc) is 2.55. The minimum Gasteiger partial charge on any atom is -0.496 e. The molecule has 0 unspecified atom stereocenters. The van der Waals surface area contributed by atoms with Gasteiger partial charge in [-0.2, -0.15) is 4.31 Å². The Bertz CT molecular complexity index is 796. The van der Waals surface area contributed by atoms with Gasteiger partial charge < -0.3 is 4.74 Å². The van der Waals surface area contributed by atoms with Gasteiger partial charge in [-0.1, -0.05) is 38.1 Å². The Morgan fingerprint density at radius 1 is 1.08 bits per heavy atom. The van der Waals surface area contributed by atoms with Crippen molar-refractivity contribution in [2.75, 3.05) is 14.2 Å². The third-order valence-electron chi connectivity index (χ3n) is 4.13. The lowest BCUT2D eigenvalue weighted by Gasteiger charge is -2.18. The van der Waals surface area contributed by atoms with Crippen LogP contribution in [0.2, 0.25) is 0 Å². The van der Waals surface area contributed by atoms with E-state index < -0.39 is 10.0 Å². The number of sulfonamides is 1. The van der Waals surface area contributed by atoms with E-state index in [-0.39, 0.29) is 4.90 Å². The van der Waals surface area contributed by atoms with Crippen LogP contribution in [0.25, 0.3) is 0 Å². The zero-order chi connectivity index (χ0) is 17.9. The first kappa shape index (κ1) is 18.5. The van der Waals surface area contributed by atoms with Gasteiger partial charge in [-0.3, -0.25) is 0 Å². The zero-order valence-corrected chi connectivity index (χ0v) is 15.7. The van der Waals surface area contributed by atoms with Crippen molar-refractivity contribution in [3.63, 3.8) is 0 Å². The molecule has 0 fully saturated rings. The normalized spacial score (nSPS) is 12.0. The van der Waals surface area contributed by atoms with Crippen molar-refractivity contribution in [3.05, 3.63) is 59.2 Å². The smallest absolute Gasteiger partial charge is 0.243 e. The van der Waals surface area contributed by atoms with Crippen molar-refractivity contribution in [1.82, 2.24) is 4.31 Å². The standard InChI is InChI=1S/C19H25NO3S/c1-14(2)17-8-6-16(7-9-17)13-20(4)24(21,22)18-10-11-19(23-5)15(3)12-18/h6-12,14H,13H2,1-5H3. The van der Waals surface area contributed by atoms with Gasteiger partial charge in [-0.25, -0.2) is 8.42 Å². The summed E-state index contributed by atoms with van der Waals surface area (Å²) in [6.45, 7) is 6.45. The maximum Gasteiger partial charge on any atom is 0.243 e. The van der Waals surface area contributed by atoms with Gasteiger partial charge in [0.2, 0.25) is 10.0 Å². The van der Waals surface area contributed by atoms with Crippen LogP contribution in [0, 0.1) is 6.92 Å². The van der Waals surface area contributed by atoms with Crippen molar-refractivity contribution in [2.45, 2.75) is 38.1 Å². The van der Waals surface area contributed by atoms with Crippen LogP contribution in [0.15, 0.2) is 47.4 Å². The number of nitrogens with zero attached hydrogens (tertiary/aromatic N) is 1. The molecule has 0 amide bonds. The monoisotopic (exact) mass is 347 g/mol.